The van der Waals surface area contributed by atoms with E-state index in [1.165, 1.54) is 11.8 Å². The van der Waals surface area contributed by atoms with E-state index < -0.39 is 9.84 Å². The van der Waals surface area contributed by atoms with Crippen LogP contribution in [0.1, 0.15) is 17.3 Å². The zero-order chi connectivity index (χ0) is 20.4. The van der Waals surface area contributed by atoms with Crippen LogP contribution in [0.3, 0.4) is 0 Å². The summed E-state index contributed by atoms with van der Waals surface area (Å²) >= 11 is 1.45. The number of thioether (sulfide) groups is 1. The van der Waals surface area contributed by atoms with Gasteiger partial charge in [0.15, 0.2) is 15.0 Å². The van der Waals surface area contributed by atoms with Crippen LogP contribution in [0.15, 0.2) is 53.5 Å². The number of aliphatic imine (C=N–C) groups is 1. The molecule has 1 saturated heterocycles. The maximum absolute atomic E-state index is 12.7. The third-order valence-corrected chi connectivity index (χ3v) is 7.77. The molecule has 2 aliphatic heterocycles. The van der Waals surface area contributed by atoms with Crippen molar-refractivity contribution >= 4 is 44.0 Å². The molecule has 2 atom stereocenters. The second-order valence-electron chi connectivity index (χ2n) is 6.82. The van der Waals surface area contributed by atoms with Gasteiger partial charge in [-0.1, -0.05) is 30.0 Å². The third-order valence-electron chi connectivity index (χ3n) is 4.63. The highest BCUT2D eigenvalue weighted by molar-refractivity contribution is 8.15. The zero-order valence-electron chi connectivity index (χ0n) is 15.8. The minimum Gasteiger partial charge on any atom is -0.492 e. The van der Waals surface area contributed by atoms with Crippen LogP contribution >= 0.6 is 11.8 Å². The Hall–Kier alpha value is -2.52. The SMILES string of the molecule is CCOc1ccccc1NC(=O)c1cccc(NC2=N[C@@H]3CS(=O)(=O)C[C@H]3S2)c1. The Morgan fingerprint density at radius 1 is 1.21 bits per heavy atom. The summed E-state index contributed by atoms with van der Waals surface area (Å²) < 4.78 is 28.9. The van der Waals surface area contributed by atoms with Gasteiger partial charge in [0.1, 0.15) is 5.75 Å². The van der Waals surface area contributed by atoms with Gasteiger partial charge in [-0.2, -0.15) is 0 Å². The van der Waals surface area contributed by atoms with E-state index in [0.29, 0.717) is 28.8 Å². The first-order valence-corrected chi connectivity index (χ1v) is 12.0. The summed E-state index contributed by atoms with van der Waals surface area (Å²) in [7, 11) is -2.98. The third kappa shape index (κ3) is 4.56. The quantitative estimate of drug-likeness (QED) is 0.755. The normalized spacial score (nSPS) is 21.9. The predicted octanol–water partition coefficient (Wildman–Crippen LogP) is 3.02. The molecule has 0 aromatic heterocycles. The second-order valence-corrected chi connectivity index (χ2v) is 10.2. The molecule has 0 saturated carbocycles. The highest BCUT2D eigenvalue weighted by Gasteiger charge is 2.42. The largest absolute Gasteiger partial charge is 0.492 e. The average Bonchev–Trinajstić information content (AvgIpc) is 3.16. The lowest BCUT2D eigenvalue weighted by molar-refractivity contribution is 0.102. The predicted molar refractivity (Wildman–Crippen MR) is 117 cm³/mol. The standard InChI is InChI=1S/C20H21N3O4S2/c1-2-27-17-9-4-3-8-15(17)22-19(24)13-6-5-7-14(10-13)21-20-23-16-11-29(25,26)12-18(16)28-20/h3-10,16,18H,2,11-12H2,1H3,(H,21,23)(H,22,24)/t16-,18-/m1/s1. The van der Waals surface area contributed by atoms with Crippen LogP contribution < -0.4 is 15.4 Å². The number of nitrogens with zero attached hydrogens (tertiary/aromatic N) is 1. The topological polar surface area (TPSA) is 96.9 Å². The molecule has 0 aliphatic carbocycles. The molecule has 2 heterocycles. The summed E-state index contributed by atoms with van der Waals surface area (Å²) in [6.07, 6.45) is 0. The smallest absolute Gasteiger partial charge is 0.255 e. The Morgan fingerprint density at radius 3 is 2.83 bits per heavy atom. The first-order valence-electron chi connectivity index (χ1n) is 9.28. The van der Waals surface area contributed by atoms with E-state index in [1.54, 1.807) is 24.3 Å². The molecule has 2 aliphatic rings. The van der Waals surface area contributed by atoms with Crippen LogP contribution in [0.25, 0.3) is 0 Å². The summed E-state index contributed by atoms with van der Waals surface area (Å²) in [5.41, 5.74) is 1.83. The van der Waals surface area contributed by atoms with Crippen molar-refractivity contribution in [1.82, 2.24) is 0 Å². The number of sulfone groups is 1. The fraction of sp³-hybridized carbons (Fsp3) is 0.300. The number of rotatable bonds is 5. The Labute approximate surface area is 173 Å². The number of carbonyl (C=O) groups excluding carboxylic acids is 1. The average molecular weight is 432 g/mol. The highest BCUT2D eigenvalue weighted by Crippen LogP contribution is 2.34. The molecule has 1 fully saturated rings. The Morgan fingerprint density at radius 2 is 2.03 bits per heavy atom. The molecule has 0 bridgehead atoms. The number of hydrogen-bond acceptors (Lipinski definition) is 7. The van der Waals surface area contributed by atoms with Gasteiger partial charge in [-0.25, -0.2) is 8.42 Å². The number of amidine groups is 1. The van der Waals surface area contributed by atoms with E-state index in [2.05, 4.69) is 15.6 Å². The number of anilines is 2. The number of nitrogens with one attached hydrogen (secondary N) is 2. The summed E-state index contributed by atoms with van der Waals surface area (Å²) in [6.45, 7) is 2.40. The van der Waals surface area contributed by atoms with Crippen LogP contribution in [0.5, 0.6) is 5.75 Å². The summed E-state index contributed by atoms with van der Waals surface area (Å²) in [5.74, 6) is 0.650. The fourth-order valence-electron chi connectivity index (χ4n) is 3.32. The van der Waals surface area contributed by atoms with Gasteiger partial charge < -0.3 is 15.4 Å². The van der Waals surface area contributed by atoms with Crippen molar-refractivity contribution in [3.63, 3.8) is 0 Å². The van der Waals surface area contributed by atoms with Crippen molar-refractivity contribution < 1.29 is 17.9 Å². The molecular formula is C20H21N3O4S2. The second kappa shape index (κ2) is 8.08. The highest BCUT2D eigenvalue weighted by atomic mass is 32.2. The number of hydrogen-bond donors (Lipinski definition) is 2. The molecule has 7 nitrogen and oxygen atoms in total. The van der Waals surface area contributed by atoms with Crippen molar-refractivity contribution in [2.75, 3.05) is 28.7 Å². The van der Waals surface area contributed by atoms with Crippen molar-refractivity contribution in [3.05, 3.63) is 54.1 Å². The molecular weight excluding hydrogens is 410 g/mol. The van der Waals surface area contributed by atoms with Gasteiger partial charge in [0.05, 0.1) is 29.8 Å². The maximum Gasteiger partial charge on any atom is 0.255 e. The van der Waals surface area contributed by atoms with Gasteiger partial charge in [-0.3, -0.25) is 9.79 Å². The van der Waals surface area contributed by atoms with E-state index in [-0.39, 0.29) is 28.7 Å². The maximum atomic E-state index is 12.7. The number of amides is 1. The number of fused-ring (bicyclic) bond motifs is 1. The molecule has 0 spiro atoms. The monoisotopic (exact) mass is 431 g/mol. The number of para-hydroxylation sites is 2. The lowest BCUT2D eigenvalue weighted by Crippen LogP contribution is -2.14. The molecule has 29 heavy (non-hydrogen) atoms. The van der Waals surface area contributed by atoms with Crippen LogP contribution in [-0.4, -0.2) is 48.9 Å². The van der Waals surface area contributed by atoms with Crippen LogP contribution in [0.2, 0.25) is 0 Å². The molecule has 0 unspecified atom stereocenters. The van der Waals surface area contributed by atoms with E-state index in [0.717, 1.165) is 5.69 Å². The molecule has 2 aromatic rings. The van der Waals surface area contributed by atoms with Crippen molar-refractivity contribution in [2.45, 2.75) is 18.2 Å². The molecule has 9 heteroatoms. The fourth-order valence-corrected chi connectivity index (χ4v) is 7.00. The number of benzene rings is 2. The summed E-state index contributed by atoms with van der Waals surface area (Å²) in [5, 5.41) is 6.75. The molecule has 0 radical (unpaired) electrons. The van der Waals surface area contributed by atoms with Gasteiger partial charge in [-0.05, 0) is 37.3 Å². The van der Waals surface area contributed by atoms with Crippen molar-refractivity contribution in [3.8, 4) is 5.75 Å². The van der Waals surface area contributed by atoms with Crippen LogP contribution in [0, 0.1) is 0 Å². The minimum atomic E-state index is -2.98. The van der Waals surface area contributed by atoms with Crippen molar-refractivity contribution in [1.29, 1.82) is 0 Å². The van der Waals surface area contributed by atoms with E-state index >= 15 is 0 Å². The molecule has 1 amide bonds. The Kier molecular flexibility index (Phi) is 5.51. The van der Waals surface area contributed by atoms with Gasteiger partial charge in [0, 0.05) is 16.5 Å². The lowest BCUT2D eigenvalue weighted by atomic mass is 10.2. The van der Waals surface area contributed by atoms with Crippen LogP contribution in [-0.2, 0) is 9.84 Å². The van der Waals surface area contributed by atoms with Gasteiger partial charge in [0.2, 0.25) is 0 Å². The summed E-state index contributed by atoms with van der Waals surface area (Å²) in [6, 6.07) is 14.2. The molecule has 2 N–H and O–H groups in total. The van der Waals surface area contributed by atoms with Gasteiger partial charge >= 0.3 is 0 Å². The molecule has 152 valence electrons. The van der Waals surface area contributed by atoms with Crippen molar-refractivity contribution in [2.24, 2.45) is 4.99 Å². The Bertz CT molecular complexity index is 1070. The Balaban J connectivity index is 1.45. The van der Waals surface area contributed by atoms with E-state index in [9.17, 15) is 13.2 Å². The summed E-state index contributed by atoms with van der Waals surface area (Å²) in [4.78, 5) is 17.2. The van der Waals surface area contributed by atoms with Crippen LogP contribution in [0.4, 0.5) is 11.4 Å². The molecule has 4 rings (SSSR count). The zero-order valence-corrected chi connectivity index (χ0v) is 17.4. The number of carbonyl (C=O) groups is 1. The van der Waals surface area contributed by atoms with Gasteiger partial charge in [0.25, 0.3) is 5.91 Å². The first kappa shape index (κ1) is 19.8. The van der Waals surface area contributed by atoms with Gasteiger partial charge in [-0.15, -0.1) is 0 Å². The van der Waals surface area contributed by atoms with E-state index in [1.807, 2.05) is 31.2 Å². The van der Waals surface area contributed by atoms with E-state index in [4.69, 9.17) is 4.74 Å². The first-order chi connectivity index (χ1) is 13.9. The number of ether oxygens (including phenoxy) is 1. The minimum absolute atomic E-state index is 0.0240. The lowest BCUT2D eigenvalue weighted by Gasteiger charge is -2.12. The molecule has 2 aromatic carbocycles.